The second-order valence-electron chi connectivity index (χ2n) is 7.60. The predicted octanol–water partition coefficient (Wildman–Crippen LogP) is -1.21. The molecule has 1 aromatic rings. The fraction of sp³-hybridized carbons (Fsp3) is 0.688. The second-order valence-corrected chi connectivity index (χ2v) is 9.76. The zero-order chi connectivity index (χ0) is 18.7. The van der Waals surface area contributed by atoms with Crippen molar-refractivity contribution in [2.24, 2.45) is 11.1 Å². The zero-order valence-corrected chi connectivity index (χ0v) is 15.5. The van der Waals surface area contributed by atoms with Crippen LogP contribution in [-0.2, 0) is 26.0 Å². The van der Waals surface area contributed by atoms with Crippen molar-refractivity contribution in [1.29, 1.82) is 0 Å². The minimum Gasteiger partial charge on any atom is -0.369 e. The van der Waals surface area contributed by atoms with Gasteiger partial charge in [0.2, 0.25) is 11.8 Å². The zero-order valence-electron chi connectivity index (χ0n) is 14.6. The Labute approximate surface area is 151 Å². The summed E-state index contributed by atoms with van der Waals surface area (Å²) in [5.74, 6) is -0.940. The first-order valence-electron chi connectivity index (χ1n) is 8.78. The quantitative estimate of drug-likeness (QED) is 0.630. The summed E-state index contributed by atoms with van der Waals surface area (Å²) in [5, 5.41) is 0. The molecule has 1 aromatic heterocycles. The maximum Gasteiger partial charge on any atom is 0.238 e. The Kier molecular flexibility index (Phi) is 3.88. The minimum atomic E-state index is -3.24. The van der Waals surface area contributed by atoms with E-state index in [2.05, 4.69) is 14.9 Å². The molecule has 26 heavy (non-hydrogen) atoms. The fourth-order valence-corrected chi connectivity index (χ4v) is 6.19. The Morgan fingerprint density at radius 3 is 2.58 bits per heavy atom. The lowest BCUT2D eigenvalue weighted by atomic mass is 9.98. The van der Waals surface area contributed by atoms with Crippen molar-refractivity contribution in [1.82, 2.24) is 19.8 Å². The number of piperazine rings is 1. The lowest BCUT2D eigenvalue weighted by molar-refractivity contribution is -0.147. The van der Waals surface area contributed by atoms with Crippen LogP contribution in [0, 0.1) is 12.3 Å². The number of primary amides is 1. The summed E-state index contributed by atoms with van der Waals surface area (Å²) in [6.07, 6.45) is 2.53. The van der Waals surface area contributed by atoms with E-state index in [1.165, 1.54) is 0 Å². The molecule has 0 bridgehead atoms. The lowest BCUT2D eigenvalue weighted by Crippen LogP contribution is -2.62. The van der Waals surface area contributed by atoms with Crippen molar-refractivity contribution in [3.8, 4) is 0 Å². The topological polar surface area (TPSA) is 129 Å². The largest absolute Gasteiger partial charge is 0.369 e. The number of sulfone groups is 1. The van der Waals surface area contributed by atoms with Gasteiger partial charge in [-0.15, -0.1) is 0 Å². The summed E-state index contributed by atoms with van der Waals surface area (Å²) < 4.78 is 24.6. The number of aromatic amines is 1. The molecule has 2 saturated heterocycles. The van der Waals surface area contributed by atoms with Crippen LogP contribution in [0.1, 0.15) is 24.2 Å². The maximum absolute atomic E-state index is 12.9. The maximum atomic E-state index is 12.9. The molecule has 4 rings (SSSR count). The van der Waals surface area contributed by atoms with Crippen molar-refractivity contribution < 1.29 is 18.0 Å². The number of nitrogens with two attached hydrogens (primary N) is 1. The van der Waals surface area contributed by atoms with E-state index in [4.69, 9.17) is 5.73 Å². The molecule has 3 aliphatic rings. The fourth-order valence-electron chi connectivity index (χ4n) is 4.18. The number of aryl methyl sites for hydroxylation is 1. The molecule has 0 unspecified atom stereocenters. The van der Waals surface area contributed by atoms with Gasteiger partial charge in [0.25, 0.3) is 0 Å². The van der Waals surface area contributed by atoms with Gasteiger partial charge in [0, 0.05) is 31.4 Å². The summed E-state index contributed by atoms with van der Waals surface area (Å²) in [4.78, 5) is 35.7. The van der Waals surface area contributed by atoms with E-state index in [1.807, 2.05) is 6.92 Å². The van der Waals surface area contributed by atoms with E-state index in [0.717, 1.165) is 11.4 Å². The number of rotatable bonds is 4. The number of H-pyrrole nitrogens is 1. The molecule has 1 aliphatic carbocycles. The van der Waals surface area contributed by atoms with E-state index in [1.54, 1.807) is 11.2 Å². The molecule has 2 amide bonds. The standard InChI is InChI=1S/C16H23N5O4S/c1-10-11(19-9-18-10)6-20-4-5-21(13-8-26(24,25)7-12(13)20)15(23)16(2-3-16)14(17)22/h9,12-13H,2-8H2,1H3,(H2,17,22)(H,18,19)/t12-,13+/m1/s1. The number of nitrogens with one attached hydrogen (secondary N) is 1. The van der Waals surface area contributed by atoms with Gasteiger partial charge < -0.3 is 15.6 Å². The number of nitrogens with zero attached hydrogens (tertiary/aromatic N) is 3. The Bertz CT molecular complexity index is 860. The third-order valence-electron chi connectivity index (χ3n) is 5.97. The first kappa shape index (κ1) is 17.5. The smallest absolute Gasteiger partial charge is 0.238 e. The highest BCUT2D eigenvalue weighted by atomic mass is 32.2. The highest BCUT2D eigenvalue weighted by Crippen LogP contribution is 2.48. The van der Waals surface area contributed by atoms with Crippen LogP contribution in [0.3, 0.4) is 0 Å². The highest BCUT2D eigenvalue weighted by Gasteiger charge is 2.60. The van der Waals surface area contributed by atoms with Gasteiger partial charge in [0.15, 0.2) is 9.84 Å². The molecule has 3 N–H and O–H groups in total. The van der Waals surface area contributed by atoms with Crippen molar-refractivity contribution in [2.75, 3.05) is 24.6 Å². The minimum absolute atomic E-state index is 0.0223. The summed E-state index contributed by atoms with van der Waals surface area (Å²) in [5.41, 5.74) is 6.15. The number of aromatic nitrogens is 2. The molecule has 0 aromatic carbocycles. The van der Waals surface area contributed by atoms with Crippen molar-refractivity contribution in [3.05, 3.63) is 17.7 Å². The second kappa shape index (κ2) is 5.78. The van der Waals surface area contributed by atoms with Crippen LogP contribution in [0.15, 0.2) is 6.33 Å². The number of hydrogen-bond acceptors (Lipinski definition) is 6. The van der Waals surface area contributed by atoms with E-state index in [9.17, 15) is 18.0 Å². The van der Waals surface area contributed by atoms with Gasteiger partial charge in [0.1, 0.15) is 5.41 Å². The molecule has 0 radical (unpaired) electrons. The molecule has 9 nitrogen and oxygen atoms in total. The molecule has 2 atom stereocenters. The SMILES string of the molecule is Cc1[nH]cnc1CN1CCN(C(=O)C2(C(N)=O)CC2)[C@H]2CS(=O)(=O)C[C@H]21. The molecule has 2 aliphatic heterocycles. The van der Waals surface area contributed by atoms with Crippen LogP contribution in [0.5, 0.6) is 0 Å². The normalized spacial score (nSPS) is 29.3. The average molecular weight is 381 g/mol. The Hall–Kier alpha value is -1.94. The van der Waals surface area contributed by atoms with Crippen molar-refractivity contribution in [2.45, 2.75) is 38.4 Å². The third kappa shape index (κ3) is 2.71. The van der Waals surface area contributed by atoms with Crippen LogP contribution in [0.2, 0.25) is 0 Å². The Balaban J connectivity index is 1.59. The number of carbonyl (C=O) groups excluding carboxylic acids is 2. The van der Waals surface area contributed by atoms with Crippen LogP contribution in [0.25, 0.3) is 0 Å². The van der Waals surface area contributed by atoms with Crippen LogP contribution < -0.4 is 5.73 Å². The number of amides is 2. The van der Waals surface area contributed by atoms with Gasteiger partial charge in [-0.3, -0.25) is 14.5 Å². The molecule has 142 valence electrons. The van der Waals surface area contributed by atoms with Crippen molar-refractivity contribution in [3.63, 3.8) is 0 Å². The molecule has 0 spiro atoms. The lowest BCUT2D eigenvalue weighted by Gasteiger charge is -2.44. The molecule has 10 heteroatoms. The first-order chi connectivity index (χ1) is 12.2. The summed E-state index contributed by atoms with van der Waals surface area (Å²) in [6.45, 7) is 3.40. The van der Waals surface area contributed by atoms with E-state index >= 15 is 0 Å². The van der Waals surface area contributed by atoms with Crippen LogP contribution >= 0.6 is 0 Å². The summed E-state index contributed by atoms with van der Waals surface area (Å²) in [7, 11) is -3.24. The molecular weight excluding hydrogens is 358 g/mol. The van der Waals surface area contributed by atoms with Gasteiger partial charge in [0.05, 0.1) is 29.6 Å². The number of carbonyl (C=O) groups is 2. The first-order valence-corrected chi connectivity index (χ1v) is 10.6. The Morgan fingerprint density at radius 1 is 1.31 bits per heavy atom. The van der Waals surface area contributed by atoms with Crippen LogP contribution in [-0.4, -0.2) is 76.7 Å². The Morgan fingerprint density at radius 2 is 2.00 bits per heavy atom. The average Bonchev–Trinajstić information content (AvgIpc) is 3.19. The highest BCUT2D eigenvalue weighted by molar-refractivity contribution is 7.91. The molecule has 3 heterocycles. The van der Waals surface area contributed by atoms with Gasteiger partial charge in [-0.25, -0.2) is 13.4 Å². The molecule has 3 fully saturated rings. The summed E-state index contributed by atoms with van der Waals surface area (Å²) in [6, 6.07) is -0.713. The van der Waals surface area contributed by atoms with Gasteiger partial charge in [-0.2, -0.15) is 0 Å². The van der Waals surface area contributed by atoms with Crippen LogP contribution in [0.4, 0.5) is 0 Å². The van der Waals surface area contributed by atoms with Gasteiger partial charge in [-0.1, -0.05) is 0 Å². The number of fused-ring (bicyclic) bond motifs is 1. The van der Waals surface area contributed by atoms with Gasteiger partial charge >= 0.3 is 0 Å². The predicted molar refractivity (Wildman–Crippen MR) is 92.5 cm³/mol. The van der Waals surface area contributed by atoms with E-state index < -0.39 is 27.2 Å². The van der Waals surface area contributed by atoms with Gasteiger partial charge in [-0.05, 0) is 19.8 Å². The number of hydrogen-bond donors (Lipinski definition) is 2. The third-order valence-corrected chi connectivity index (χ3v) is 7.67. The van der Waals surface area contributed by atoms with E-state index in [-0.39, 0.29) is 23.5 Å². The monoisotopic (exact) mass is 381 g/mol. The number of imidazole rings is 1. The molecular formula is C16H23N5O4S. The van der Waals surface area contributed by atoms with E-state index in [0.29, 0.717) is 32.5 Å². The summed E-state index contributed by atoms with van der Waals surface area (Å²) >= 11 is 0. The molecule has 1 saturated carbocycles. The van der Waals surface area contributed by atoms with Crippen molar-refractivity contribution >= 4 is 21.7 Å².